The smallest absolute Gasteiger partial charge is 0.284 e. The number of hydrogen-bond donors (Lipinski definition) is 1. The highest BCUT2D eigenvalue weighted by Gasteiger charge is 2.37. The van der Waals surface area contributed by atoms with Gasteiger partial charge in [0, 0.05) is 11.9 Å². The largest absolute Gasteiger partial charge is 0.326 e. The Morgan fingerprint density at radius 1 is 1.00 bits per heavy atom. The topological polar surface area (TPSA) is 79.4 Å². The molecule has 0 spiro atoms. The van der Waals surface area contributed by atoms with Crippen molar-refractivity contribution in [2.45, 2.75) is 13.3 Å². The van der Waals surface area contributed by atoms with E-state index in [2.05, 4.69) is 10.3 Å². The second-order valence-electron chi connectivity index (χ2n) is 6.61. The number of carbonyl (C=O) groups excluding carboxylic acids is 3. The van der Waals surface area contributed by atoms with E-state index < -0.39 is 11.8 Å². The normalized spacial score (nSPS) is 12.8. The Morgan fingerprint density at radius 3 is 2.50 bits per heavy atom. The number of nitrogens with one attached hydrogen (secondary N) is 1. The highest BCUT2D eigenvalue weighted by molar-refractivity contribution is 6.33. The van der Waals surface area contributed by atoms with Gasteiger partial charge in [0.2, 0.25) is 5.91 Å². The number of aryl methyl sites for hydroxylation is 1. The molecule has 0 unspecified atom stereocenters. The number of imide groups is 1. The summed E-state index contributed by atoms with van der Waals surface area (Å²) in [4.78, 5) is 42.3. The molecule has 3 aromatic rings. The first-order valence-corrected chi connectivity index (χ1v) is 8.82. The number of pyridine rings is 1. The van der Waals surface area contributed by atoms with Gasteiger partial charge in [-0.2, -0.15) is 0 Å². The summed E-state index contributed by atoms with van der Waals surface area (Å²) in [5.74, 6) is -0.982. The summed E-state index contributed by atoms with van der Waals surface area (Å²) in [5, 5.41) is 2.83. The van der Waals surface area contributed by atoms with Crippen LogP contribution in [0, 0.1) is 6.92 Å². The van der Waals surface area contributed by atoms with Gasteiger partial charge >= 0.3 is 0 Å². The SMILES string of the molecule is Cc1cccc(CC(=O)Nc2ccc(N3C(=O)c4cccnc4C3=O)cc2)c1. The molecule has 3 amide bonds. The number of rotatable bonds is 4. The Kier molecular flexibility index (Phi) is 4.45. The molecule has 6 heteroatoms. The molecule has 0 fully saturated rings. The van der Waals surface area contributed by atoms with E-state index in [1.165, 1.54) is 6.20 Å². The molecule has 6 nitrogen and oxygen atoms in total. The van der Waals surface area contributed by atoms with Gasteiger partial charge < -0.3 is 5.32 Å². The van der Waals surface area contributed by atoms with Crippen molar-refractivity contribution in [3.8, 4) is 0 Å². The van der Waals surface area contributed by atoms with Crippen LogP contribution in [-0.2, 0) is 11.2 Å². The number of carbonyl (C=O) groups is 3. The molecule has 0 radical (unpaired) electrons. The van der Waals surface area contributed by atoms with Gasteiger partial charge in [-0.25, -0.2) is 4.90 Å². The third kappa shape index (κ3) is 3.27. The molecular weight excluding hydrogens is 354 g/mol. The lowest BCUT2D eigenvalue weighted by Gasteiger charge is -2.14. The van der Waals surface area contributed by atoms with E-state index in [4.69, 9.17) is 0 Å². The lowest BCUT2D eigenvalue weighted by molar-refractivity contribution is -0.115. The number of nitrogens with zero attached hydrogens (tertiary/aromatic N) is 2. The van der Waals surface area contributed by atoms with Gasteiger partial charge in [0.15, 0.2) is 0 Å². The van der Waals surface area contributed by atoms with Gasteiger partial charge in [0.05, 0.1) is 17.7 Å². The van der Waals surface area contributed by atoms with Gasteiger partial charge in [0.1, 0.15) is 5.69 Å². The van der Waals surface area contributed by atoms with Crippen molar-refractivity contribution in [2.24, 2.45) is 0 Å². The fourth-order valence-corrected chi connectivity index (χ4v) is 3.21. The molecule has 2 aromatic carbocycles. The van der Waals surface area contributed by atoms with Gasteiger partial charge in [-0.15, -0.1) is 0 Å². The van der Waals surface area contributed by atoms with E-state index >= 15 is 0 Å². The fraction of sp³-hybridized carbons (Fsp3) is 0.0909. The van der Waals surface area contributed by atoms with Crippen molar-refractivity contribution < 1.29 is 14.4 Å². The molecule has 1 aromatic heterocycles. The molecule has 28 heavy (non-hydrogen) atoms. The van der Waals surface area contributed by atoms with Crippen LogP contribution in [0.3, 0.4) is 0 Å². The molecule has 1 N–H and O–H groups in total. The molecule has 0 bridgehead atoms. The second-order valence-corrected chi connectivity index (χ2v) is 6.61. The van der Waals surface area contributed by atoms with E-state index in [0.717, 1.165) is 16.0 Å². The van der Waals surface area contributed by atoms with Crippen molar-refractivity contribution in [2.75, 3.05) is 10.2 Å². The first-order valence-electron chi connectivity index (χ1n) is 8.82. The predicted molar refractivity (Wildman–Crippen MR) is 105 cm³/mol. The third-order valence-electron chi connectivity index (χ3n) is 4.50. The van der Waals surface area contributed by atoms with Crippen LogP contribution in [0.2, 0.25) is 0 Å². The zero-order valence-corrected chi connectivity index (χ0v) is 15.2. The molecule has 0 saturated carbocycles. The van der Waals surface area contributed by atoms with Crippen molar-refractivity contribution in [1.82, 2.24) is 4.98 Å². The molecule has 2 heterocycles. The zero-order valence-electron chi connectivity index (χ0n) is 15.2. The first-order chi connectivity index (χ1) is 13.5. The summed E-state index contributed by atoms with van der Waals surface area (Å²) in [6, 6.07) is 17.6. The summed E-state index contributed by atoms with van der Waals surface area (Å²) in [6.45, 7) is 1.98. The van der Waals surface area contributed by atoms with Crippen LogP contribution in [0.15, 0.2) is 66.9 Å². The molecule has 138 valence electrons. The van der Waals surface area contributed by atoms with Gasteiger partial charge in [-0.3, -0.25) is 19.4 Å². The highest BCUT2D eigenvalue weighted by atomic mass is 16.2. The van der Waals surface area contributed by atoms with Gasteiger partial charge in [-0.05, 0) is 48.9 Å². The monoisotopic (exact) mass is 371 g/mol. The molecule has 4 rings (SSSR count). The Bertz CT molecular complexity index is 1060. The maximum atomic E-state index is 12.5. The molecule has 0 saturated heterocycles. The van der Waals surface area contributed by atoms with Crippen molar-refractivity contribution in [3.05, 3.63) is 89.2 Å². The van der Waals surface area contributed by atoms with Crippen LogP contribution in [0.5, 0.6) is 0 Å². The number of anilines is 2. The summed E-state index contributed by atoms with van der Waals surface area (Å²) in [7, 11) is 0. The van der Waals surface area contributed by atoms with Crippen LogP contribution in [0.4, 0.5) is 11.4 Å². The maximum absolute atomic E-state index is 12.5. The van der Waals surface area contributed by atoms with Crippen LogP contribution in [0.25, 0.3) is 0 Å². The Balaban J connectivity index is 1.47. The Hall–Kier alpha value is -3.80. The van der Waals surface area contributed by atoms with Crippen LogP contribution >= 0.6 is 0 Å². The van der Waals surface area contributed by atoms with Crippen LogP contribution in [0.1, 0.15) is 32.0 Å². The number of benzene rings is 2. The van der Waals surface area contributed by atoms with Gasteiger partial charge in [0.25, 0.3) is 11.8 Å². The standard InChI is InChI=1S/C22H17N3O3/c1-14-4-2-5-15(12-14)13-19(26)24-16-7-9-17(10-8-16)25-21(27)18-6-3-11-23-20(18)22(25)28/h2-12H,13H2,1H3,(H,24,26). The van der Waals surface area contributed by atoms with Crippen LogP contribution < -0.4 is 10.2 Å². The van der Waals surface area contributed by atoms with E-state index in [1.54, 1.807) is 36.4 Å². The quantitative estimate of drug-likeness (QED) is 0.713. The number of aromatic nitrogens is 1. The minimum absolute atomic E-state index is 0.136. The lowest BCUT2D eigenvalue weighted by Crippen LogP contribution is -2.29. The zero-order chi connectivity index (χ0) is 19.7. The summed E-state index contributed by atoms with van der Waals surface area (Å²) >= 11 is 0. The van der Waals surface area contributed by atoms with Crippen LogP contribution in [-0.4, -0.2) is 22.7 Å². The first kappa shape index (κ1) is 17.6. The number of hydrogen-bond acceptors (Lipinski definition) is 4. The Morgan fingerprint density at radius 2 is 1.79 bits per heavy atom. The minimum atomic E-state index is -0.447. The fourth-order valence-electron chi connectivity index (χ4n) is 3.21. The number of amides is 3. The van der Waals surface area contributed by atoms with Gasteiger partial charge in [-0.1, -0.05) is 29.8 Å². The van der Waals surface area contributed by atoms with E-state index in [0.29, 0.717) is 16.9 Å². The predicted octanol–water partition coefficient (Wildman–Crippen LogP) is 3.37. The Labute approximate surface area is 161 Å². The maximum Gasteiger partial charge on any atom is 0.284 e. The molecule has 1 aliphatic rings. The third-order valence-corrected chi connectivity index (χ3v) is 4.50. The number of fused-ring (bicyclic) bond motifs is 1. The lowest BCUT2D eigenvalue weighted by atomic mass is 10.1. The highest BCUT2D eigenvalue weighted by Crippen LogP contribution is 2.27. The summed E-state index contributed by atoms with van der Waals surface area (Å²) in [5.41, 5.74) is 3.52. The van der Waals surface area contributed by atoms with E-state index in [9.17, 15) is 14.4 Å². The van der Waals surface area contributed by atoms with Crippen molar-refractivity contribution in [1.29, 1.82) is 0 Å². The summed E-state index contributed by atoms with van der Waals surface area (Å²) in [6.07, 6.45) is 1.76. The van der Waals surface area contributed by atoms with E-state index in [1.807, 2.05) is 31.2 Å². The average Bonchev–Trinajstić information content (AvgIpc) is 2.93. The second kappa shape index (κ2) is 7.08. The summed E-state index contributed by atoms with van der Waals surface area (Å²) < 4.78 is 0. The molecular formula is C22H17N3O3. The van der Waals surface area contributed by atoms with E-state index in [-0.39, 0.29) is 18.0 Å². The molecule has 0 atom stereocenters. The molecule has 1 aliphatic heterocycles. The average molecular weight is 371 g/mol. The van der Waals surface area contributed by atoms with Crippen molar-refractivity contribution >= 4 is 29.1 Å². The minimum Gasteiger partial charge on any atom is -0.326 e. The van der Waals surface area contributed by atoms with Crippen molar-refractivity contribution in [3.63, 3.8) is 0 Å². The molecule has 0 aliphatic carbocycles.